The van der Waals surface area contributed by atoms with Crippen molar-refractivity contribution in [1.82, 2.24) is 4.90 Å². The topological polar surface area (TPSA) is 49.8 Å². The van der Waals surface area contributed by atoms with Gasteiger partial charge < -0.3 is 14.7 Å². The molecule has 0 radical (unpaired) electrons. The van der Waals surface area contributed by atoms with Crippen LogP contribution < -0.4 is 0 Å². The first-order valence-electron chi connectivity index (χ1n) is 5.47. The van der Waals surface area contributed by atoms with Gasteiger partial charge in [-0.15, -0.1) is 0 Å². The smallest absolute Gasteiger partial charge is 0.410 e. The molecule has 1 aliphatic heterocycles. The van der Waals surface area contributed by atoms with Crippen molar-refractivity contribution in [3.05, 3.63) is 0 Å². The van der Waals surface area contributed by atoms with Crippen molar-refractivity contribution < 1.29 is 14.6 Å². The molecule has 0 aromatic carbocycles. The average Bonchev–Trinajstić information content (AvgIpc) is 1.99. The van der Waals surface area contributed by atoms with Crippen molar-refractivity contribution in [2.75, 3.05) is 6.54 Å². The maximum Gasteiger partial charge on any atom is 0.410 e. The van der Waals surface area contributed by atoms with Crippen molar-refractivity contribution in [2.24, 2.45) is 0 Å². The van der Waals surface area contributed by atoms with Crippen LogP contribution in [0.1, 0.15) is 40.5 Å². The number of aliphatic hydroxyl groups is 1. The summed E-state index contributed by atoms with van der Waals surface area (Å²) in [5, 5.41) is 9.43. The van der Waals surface area contributed by atoms with Gasteiger partial charge in [0.2, 0.25) is 0 Å². The molecule has 4 nitrogen and oxygen atoms in total. The van der Waals surface area contributed by atoms with Crippen molar-refractivity contribution in [3.63, 3.8) is 0 Å². The number of carbonyl (C=O) groups excluding carboxylic acids is 1. The normalized spacial score (nSPS) is 27.7. The second kappa shape index (κ2) is 4.39. The predicted octanol–water partition coefficient (Wildman–Crippen LogP) is 1.77. The number of rotatable bonds is 0. The van der Waals surface area contributed by atoms with Crippen molar-refractivity contribution in [3.8, 4) is 0 Å². The second-order valence-electron chi connectivity index (χ2n) is 5.20. The molecule has 0 aromatic rings. The summed E-state index contributed by atoms with van der Waals surface area (Å²) in [6, 6.07) is 0.0589. The Labute approximate surface area is 91.2 Å². The summed E-state index contributed by atoms with van der Waals surface area (Å²) < 4.78 is 5.29. The number of nitrogens with zero attached hydrogens (tertiary/aromatic N) is 1. The molecule has 1 heterocycles. The summed E-state index contributed by atoms with van der Waals surface area (Å²) in [5.74, 6) is 0. The highest BCUT2D eigenvalue weighted by Gasteiger charge is 2.30. The van der Waals surface area contributed by atoms with E-state index < -0.39 is 5.60 Å². The maximum atomic E-state index is 11.8. The molecule has 0 unspecified atom stereocenters. The van der Waals surface area contributed by atoms with Crippen LogP contribution >= 0.6 is 0 Å². The van der Waals surface area contributed by atoms with E-state index in [1.165, 1.54) is 0 Å². The van der Waals surface area contributed by atoms with Crippen LogP contribution in [-0.2, 0) is 4.74 Å². The quantitative estimate of drug-likeness (QED) is 0.670. The van der Waals surface area contributed by atoms with E-state index in [0.717, 1.165) is 0 Å². The Kier molecular flexibility index (Phi) is 3.60. The molecule has 2 atom stereocenters. The van der Waals surface area contributed by atoms with Crippen LogP contribution in [0.2, 0.25) is 0 Å². The fraction of sp³-hybridized carbons (Fsp3) is 0.909. The number of hydrogen-bond donors (Lipinski definition) is 1. The third kappa shape index (κ3) is 3.70. The van der Waals surface area contributed by atoms with Crippen LogP contribution in [0.15, 0.2) is 0 Å². The number of amides is 1. The van der Waals surface area contributed by atoms with Gasteiger partial charge in [0.1, 0.15) is 5.60 Å². The third-order valence-electron chi connectivity index (χ3n) is 2.48. The molecule has 1 saturated heterocycles. The van der Waals surface area contributed by atoms with Gasteiger partial charge in [0.25, 0.3) is 0 Å². The second-order valence-corrected chi connectivity index (χ2v) is 5.20. The number of carbonyl (C=O) groups is 1. The number of likely N-dealkylation sites (tertiary alicyclic amines) is 1. The minimum Gasteiger partial charge on any atom is -0.444 e. The van der Waals surface area contributed by atoms with Gasteiger partial charge in [0.05, 0.1) is 6.10 Å². The fourth-order valence-electron chi connectivity index (χ4n) is 1.74. The highest BCUT2D eigenvalue weighted by Crippen LogP contribution is 2.20. The zero-order valence-corrected chi connectivity index (χ0v) is 9.99. The van der Waals surface area contributed by atoms with Crippen molar-refractivity contribution >= 4 is 6.09 Å². The zero-order chi connectivity index (χ0) is 11.6. The Balaban J connectivity index is 2.53. The molecule has 1 amide bonds. The fourth-order valence-corrected chi connectivity index (χ4v) is 1.74. The summed E-state index contributed by atoms with van der Waals surface area (Å²) in [4.78, 5) is 13.4. The molecule has 1 N–H and O–H groups in total. The predicted molar refractivity (Wildman–Crippen MR) is 57.6 cm³/mol. The van der Waals surface area contributed by atoms with Crippen LogP contribution in [0.5, 0.6) is 0 Å². The highest BCUT2D eigenvalue weighted by atomic mass is 16.6. The van der Waals surface area contributed by atoms with Gasteiger partial charge in [-0.2, -0.15) is 0 Å². The molecule has 0 aliphatic carbocycles. The Hall–Kier alpha value is -0.770. The first-order chi connectivity index (χ1) is 6.79. The van der Waals surface area contributed by atoms with Gasteiger partial charge in [0, 0.05) is 12.6 Å². The van der Waals surface area contributed by atoms with Gasteiger partial charge in [0.15, 0.2) is 0 Å². The minimum atomic E-state index is -0.452. The molecule has 0 bridgehead atoms. The number of ether oxygens (including phenoxy) is 1. The molecule has 4 heteroatoms. The summed E-state index contributed by atoms with van der Waals surface area (Å²) >= 11 is 0. The molecule has 1 aliphatic rings. The van der Waals surface area contributed by atoms with E-state index in [0.29, 0.717) is 19.4 Å². The van der Waals surface area contributed by atoms with Crippen LogP contribution in [-0.4, -0.2) is 40.4 Å². The SMILES string of the molecule is C[C@H]1C[C@H](O)CCN1C(=O)OC(C)(C)C. The first-order valence-corrected chi connectivity index (χ1v) is 5.47. The molecule has 15 heavy (non-hydrogen) atoms. The van der Waals surface area contributed by atoms with E-state index in [1.54, 1.807) is 4.90 Å². The lowest BCUT2D eigenvalue weighted by Gasteiger charge is -2.36. The van der Waals surface area contributed by atoms with Crippen LogP contribution in [0.3, 0.4) is 0 Å². The van der Waals surface area contributed by atoms with Crippen LogP contribution in [0.25, 0.3) is 0 Å². The summed E-state index contributed by atoms with van der Waals surface area (Å²) in [7, 11) is 0. The Morgan fingerprint density at radius 3 is 2.53 bits per heavy atom. The maximum absolute atomic E-state index is 11.8. The number of piperidine rings is 1. The molecule has 1 rings (SSSR count). The molecular weight excluding hydrogens is 194 g/mol. The summed E-state index contributed by atoms with van der Waals surface area (Å²) in [5.41, 5.74) is -0.452. The van der Waals surface area contributed by atoms with E-state index in [9.17, 15) is 9.90 Å². The monoisotopic (exact) mass is 215 g/mol. The van der Waals surface area contributed by atoms with Crippen molar-refractivity contribution in [2.45, 2.75) is 58.3 Å². The van der Waals surface area contributed by atoms with Gasteiger partial charge >= 0.3 is 6.09 Å². The lowest BCUT2D eigenvalue weighted by molar-refractivity contribution is -0.00456. The van der Waals surface area contributed by atoms with E-state index in [1.807, 2.05) is 27.7 Å². The highest BCUT2D eigenvalue weighted by molar-refractivity contribution is 5.68. The van der Waals surface area contributed by atoms with Crippen LogP contribution in [0, 0.1) is 0 Å². The lowest BCUT2D eigenvalue weighted by Crippen LogP contribution is -2.47. The molecule has 1 fully saturated rings. The first kappa shape index (κ1) is 12.3. The van der Waals surface area contributed by atoms with E-state index in [4.69, 9.17) is 4.74 Å². The summed E-state index contributed by atoms with van der Waals surface area (Å²) in [6.07, 6.45) is 0.726. The molecule has 88 valence electrons. The number of aliphatic hydroxyl groups excluding tert-OH is 1. The third-order valence-corrected chi connectivity index (χ3v) is 2.48. The molecule has 0 saturated carbocycles. The molecule has 0 spiro atoms. The Morgan fingerprint density at radius 2 is 2.07 bits per heavy atom. The van der Waals surface area contributed by atoms with Crippen LogP contribution in [0.4, 0.5) is 4.79 Å². The molecular formula is C11H21NO3. The summed E-state index contributed by atoms with van der Waals surface area (Å²) in [6.45, 7) is 8.08. The lowest BCUT2D eigenvalue weighted by atomic mass is 10.0. The van der Waals surface area contributed by atoms with Gasteiger partial charge in [-0.3, -0.25) is 0 Å². The van der Waals surface area contributed by atoms with Crippen molar-refractivity contribution in [1.29, 1.82) is 0 Å². The Morgan fingerprint density at radius 1 is 1.47 bits per heavy atom. The minimum absolute atomic E-state index is 0.0589. The average molecular weight is 215 g/mol. The number of hydrogen-bond acceptors (Lipinski definition) is 3. The molecule has 0 aromatic heterocycles. The van der Waals surface area contributed by atoms with E-state index >= 15 is 0 Å². The largest absolute Gasteiger partial charge is 0.444 e. The van der Waals surface area contributed by atoms with Gasteiger partial charge in [-0.1, -0.05) is 0 Å². The van der Waals surface area contributed by atoms with Gasteiger partial charge in [-0.25, -0.2) is 4.79 Å². The van der Waals surface area contributed by atoms with Gasteiger partial charge in [-0.05, 0) is 40.5 Å². The zero-order valence-electron chi connectivity index (χ0n) is 9.99. The Bertz CT molecular complexity index is 234. The standard InChI is InChI=1S/C11H21NO3/c1-8-7-9(13)5-6-12(8)10(14)15-11(2,3)4/h8-9,13H,5-7H2,1-4H3/t8-,9+/m0/s1. The van der Waals surface area contributed by atoms with E-state index in [-0.39, 0.29) is 18.2 Å². The van der Waals surface area contributed by atoms with E-state index in [2.05, 4.69) is 0 Å².